The number of carbonyl (C=O) groups excluding carboxylic acids is 2. The fourth-order valence-corrected chi connectivity index (χ4v) is 4.48. The Hall–Kier alpha value is -3.64. The first-order valence-electron chi connectivity index (χ1n) is 10.8. The number of methoxy groups -OCH3 is 1. The van der Waals surface area contributed by atoms with E-state index in [1.165, 1.54) is 4.90 Å². The van der Waals surface area contributed by atoms with E-state index < -0.39 is 0 Å². The van der Waals surface area contributed by atoms with E-state index in [0.717, 1.165) is 29.4 Å². The van der Waals surface area contributed by atoms with Crippen LogP contribution in [0, 0.1) is 0 Å². The van der Waals surface area contributed by atoms with Gasteiger partial charge >= 0.3 is 0 Å². The molecule has 2 aliphatic rings. The van der Waals surface area contributed by atoms with Crippen molar-refractivity contribution in [3.05, 3.63) is 78.0 Å². The lowest BCUT2D eigenvalue weighted by atomic mass is 10.0. The molecular weight excluding hydrogens is 402 g/mol. The van der Waals surface area contributed by atoms with Gasteiger partial charge in [0.2, 0.25) is 0 Å². The molecule has 0 unspecified atom stereocenters. The van der Waals surface area contributed by atoms with E-state index in [1.807, 2.05) is 66.7 Å². The maximum atomic E-state index is 13.8. The van der Waals surface area contributed by atoms with Gasteiger partial charge in [-0.2, -0.15) is 0 Å². The number of imide groups is 1. The number of amides is 2. The summed E-state index contributed by atoms with van der Waals surface area (Å²) in [5, 5.41) is 1.87. The van der Waals surface area contributed by atoms with Gasteiger partial charge in [-0.15, -0.1) is 0 Å². The predicted octanol–water partition coefficient (Wildman–Crippen LogP) is 3.38. The molecular formula is C26H25N3O3. The highest BCUT2D eigenvalue weighted by atomic mass is 16.5. The van der Waals surface area contributed by atoms with Crippen LogP contribution in [0.3, 0.4) is 0 Å². The molecule has 0 N–H and O–H groups in total. The molecule has 2 aliphatic heterocycles. The molecule has 0 atom stereocenters. The summed E-state index contributed by atoms with van der Waals surface area (Å²) < 4.78 is 5.28. The van der Waals surface area contributed by atoms with Crippen LogP contribution < -0.4 is 9.64 Å². The van der Waals surface area contributed by atoms with Gasteiger partial charge in [-0.25, -0.2) is 4.90 Å². The topological polar surface area (TPSA) is 53.1 Å². The molecule has 6 nitrogen and oxygen atoms in total. The van der Waals surface area contributed by atoms with Crippen LogP contribution in [0.2, 0.25) is 0 Å². The molecule has 6 heteroatoms. The minimum atomic E-state index is -0.287. The third-order valence-electron chi connectivity index (χ3n) is 6.27. The summed E-state index contributed by atoms with van der Waals surface area (Å²) in [5.41, 5.74) is 2.28. The van der Waals surface area contributed by atoms with Crippen LogP contribution in [0.25, 0.3) is 16.3 Å². The highest BCUT2D eigenvalue weighted by Crippen LogP contribution is 2.38. The third kappa shape index (κ3) is 3.33. The van der Waals surface area contributed by atoms with E-state index in [1.54, 1.807) is 7.11 Å². The Morgan fingerprint density at radius 1 is 0.781 bits per heavy atom. The molecule has 0 aliphatic carbocycles. The van der Waals surface area contributed by atoms with Crippen LogP contribution in [0.4, 0.5) is 5.69 Å². The number of ether oxygens (including phenoxy) is 1. The first-order chi connectivity index (χ1) is 15.6. The van der Waals surface area contributed by atoms with Crippen molar-refractivity contribution in [2.75, 3.05) is 45.2 Å². The Kier molecular flexibility index (Phi) is 5.15. The number of hydrogen-bond donors (Lipinski definition) is 0. The third-order valence-corrected chi connectivity index (χ3v) is 6.27. The van der Waals surface area contributed by atoms with Crippen molar-refractivity contribution >= 4 is 33.8 Å². The van der Waals surface area contributed by atoms with Crippen molar-refractivity contribution < 1.29 is 14.3 Å². The molecule has 0 spiro atoms. The zero-order valence-corrected chi connectivity index (χ0v) is 18.2. The zero-order chi connectivity index (χ0) is 22.2. The standard InChI is InChI=1S/C26H25N3O3/c1-27-14-16-28(17-15-27)24-23(19-10-12-20(32-2)13-11-19)25(30)29(26(24)31)22-9-5-7-18-6-3-4-8-21(18)22/h3-13H,14-17H2,1-2H3. The highest BCUT2D eigenvalue weighted by Gasteiger charge is 2.43. The lowest BCUT2D eigenvalue weighted by Crippen LogP contribution is -2.46. The number of nitrogens with zero attached hydrogens (tertiary/aromatic N) is 3. The van der Waals surface area contributed by atoms with Crippen molar-refractivity contribution in [2.45, 2.75) is 0 Å². The SMILES string of the molecule is COc1ccc(C2=C(N3CCN(C)CC3)C(=O)N(c3cccc4ccccc34)C2=O)cc1. The maximum Gasteiger partial charge on any atom is 0.282 e. The molecule has 3 aromatic rings. The first kappa shape index (κ1) is 20.3. The molecule has 2 amide bonds. The van der Waals surface area contributed by atoms with E-state index >= 15 is 0 Å². The lowest BCUT2D eigenvalue weighted by Gasteiger charge is -2.34. The average Bonchev–Trinajstić information content (AvgIpc) is 3.09. The second-order valence-corrected chi connectivity index (χ2v) is 8.19. The summed E-state index contributed by atoms with van der Waals surface area (Å²) in [5.74, 6) is 0.158. The van der Waals surface area contributed by atoms with Crippen LogP contribution in [-0.2, 0) is 9.59 Å². The van der Waals surface area contributed by atoms with Crippen molar-refractivity contribution in [3.63, 3.8) is 0 Å². The van der Waals surface area contributed by atoms with E-state index in [4.69, 9.17) is 4.74 Å². The van der Waals surface area contributed by atoms with E-state index in [2.05, 4.69) is 16.8 Å². The molecule has 0 saturated carbocycles. The summed E-state index contributed by atoms with van der Waals surface area (Å²) in [6.45, 7) is 3.09. The van der Waals surface area contributed by atoms with Gasteiger partial charge in [0.25, 0.3) is 11.8 Å². The molecule has 0 aromatic heterocycles. The Morgan fingerprint density at radius 2 is 1.47 bits per heavy atom. The zero-order valence-electron chi connectivity index (χ0n) is 18.2. The highest BCUT2D eigenvalue weighted by molar-refractivity contribution is 6.46. The van der Waals surface area contributed by atoms with E-state index in [9.17, 15) is 9.59 Å². The Morgan fingerprint density at radius 3 is 2.19 bits per heavy atom. The average molecular weight is 428 g/mol. The number of likely N-dealkylation sites (N-methyl/N-ethyl adjacent to an activating group) is 1. The molecule has 0 radical (unpaired) electrons. The van der Waals surface area contributed by atoms with Gasteiger partial charge in [0, 0.05) is 31.6 Å². The first-order valence-corrected chi connectivity index (χ1v) is 10.8. The van der Waals surface area contributed by atoms with Gasteiger partial charge in [-0.05, 0) is 36.2 Å². The largest absolute Gasteiger partial charge is 0.497 e. The predicted molar refractivity (Wildman–Crippen MR) is 125 cm³/mol. The molecule has 2 heterocycles. The van der Waals surface area contributed by atoms with Gasteiger partial charge in [-0.1, -0.05) is 48.5 Å². The van der Waals surface area contributed by atoms with Gasteiger partial charge < -0.3 is 14.5 Å². The van der Waals surface area contributed by atoms with Crippen molar-refractivity contribution in [1.29, 1.82) is 0 Å². The summed E-state index contributed by atoms with van der Waals surface area (Å²) >= 11 is 0. The number of benzene rings is 3. The van der Waals surface area contributed by atoms with Crippen molar-refractivity contribution in [3.8, 4) is 5.75 Å². The van der Waals surface area contributed by atoms with Crippen LogP contribution in [-0.4, -0.2) is 62.0 Å². The smallest absolute Gasteiger partial charge is 0.282 e. The number of fused-ring (bicyclic) bond motifs is 1. The Bertz CT molecular complexity index is 1220. The molecule has 162 valence electrons. The molecule has 0 bridgehead atoms. The van der Waals surface area contributed by atoms with Gasteiger partial charge in [0.15, 0.2) is 0 Å². The second kappa shape index (κ2) is 8.13. The Balaban J connectivity index is 1.64. The normalized spacial score (nSPS) is 17.6. The van der Waals surface area contributed by atoms with Gasteiger partial charge in [0.1, 0.15) is 11.4 Å². The number of hydrogen-bond acceptors (Lipinski definition) is 5. The maximum absolute atomic E-state index is 13.8. The Labute approximate surface area is 187 Å². The summed E-state index contributed by atoms with van der Waals surface area (Å²) in [7, 11) is 3.68. The molecule has 1 fully saturated rings. The quantitative estimate of drug-likeness (QED) is 0.598. The van der Waals surface area contributed by atoms with Crippen molar-refractivity contribution in [1.82, 2.24) is 9.80 Å². The summed E-state index contributed by atoms with van der Waals surface area (Å²) in [4.78, 5) is 33.3. The monoisotopic (exact) mass is 427 g/mol. The molecule has 5 rings (SSSR count). The number of carbonyl (C=O) groups is 2. The molecule has 3 aromatic carbocycles. The fraction of sp³-hybridized carbons (Fsp3) is 0.231. The molecule has 1 saturated heterocycles. The van der Waals surface area contributed by atoms with Crippen LogP contribution >= 0.6 is 0 Å². The van der Waals surface area contributed by atoms with Gasteiger partial charge in [0.05, 0.1) is 18.4 Å². The number of anilines is 1. The van der Waals surface area contributed by atoms with Gasteiger partial charge in [-0.3, -0.25) is 9.59 Å². The minimum Gasteiger partial charge on any atom is -0.497 e. The second-order valence-electron chi connectivity index (χ2n) is 8.19. The van der Waals surface area contributed by atoms with Crippen LogP contribution in [0.1, 0.15) is 5.56 Å². The lowest BCUT2D eigenvalue weighted by molar-refractivity contribution is -0.120. The summed E-state index contributed by atoms with van der Waals surface area (Å²) in [6.07, 6.45) is 0. The minimum absolute atomic E-state index is 0.262. The van der Waals surface area contributed by atoms with Crippen molar-refractivity contribution in [2.24, 2.45) is 0 Å². The number of rotatable bonds is 4. The van der Waals surface area contributed by atoms with E-state index in [0.29, 0.717) is 35.8 Å². The summed E-state index contributed by atoms with van der Waals surface area (Å²) in [6, 6.07) is 20.9. The number of piperazine rings is 1. The molecule has 32 heavy (non-hydrogen) atoms. The van der Waals surface area contributed by atoms with Crippen LogP contribution in [0.15, 0.2) is 72.4 Å². The fourth-order valence-electron chi connectivity index (χ4n) is 4.48. The van der Waals surface area contributed by atoms with E-state index in [-0.39, 0.29) is 11.8 Å². The van der Waals surface area contributed by atoms with Crippen LogP contribution in [0.5, 0.6) is 5.75 Å².